The number of unbranched alkanes of at least 4 members (excludes halogenated alkanes) is 1. The van der Waals surface area contributed by atoms with E-state index in [0.29, 0.717) is 5.92 Å². The second kappa shape index (κ2) is 8.29. The van der Waals surface area contributed by atoms with Crippen LogP contribution in [0.1, 0.15) is 43.2 Å². The molecule has 0 aromatic heterocycles. The summed E-state index contributed by atoms with van der Waals surface area (Å²) < 4.78 is 0. The van der Waals surface area contributed by atoms with Crippen LogP contribution < -0.4 is 4.90 Å². The van der Waals surface area contributed by atoms with Crippen molar-refractivity contribution in [3.63, 3.8) is 0 Å². The Hall–Kier alpha value is -1.87. The molecule has 1 unspecified atom stereocenters. The van der Waals surface area contributed by atoms with E-state index >= 15 is 0 Å². The molecule has 0 heterocycles. The Morgan fingerprint density at radius 2 is 1.92 bits per heavy atom. The lowest BCUT2D eigenvalue weighted by molar-refractivity contribution is 0.439. The van der Waals surface area contributed by atoms with E-state index in [1.807, 2.05) is 0 Å². The summed E-state index contributed by atoms with van der Waals surface area (Å²) in [5.74, 6) is 0.292. The summed E-state index contributed by atoms with van der Waals surface area (Å²) in [6, 6.07) is 6.58. The molecule has 130 valence electrons. The molecule has 0 bridgehead atoms. The van der Waals surface area contributed by atoms with Crippen LogP contribution in [-0.2, 0) is 0 Å². The maximum Gasteiger partial charge on any atom is 0.0390 e. The number of nitrogens with zero attached hydrogens (tertiary/aromatic N) is 2. The quantitative estimate of drug-likeness (QED) is 0.716. The van der Waals surface area contributed by atoms with Crippen molar-refractivity contribution in [2.24, 2.45) is 0 Å². The fourth-order valence-corrected chi connectivity index (χ4v) is 3.18. The topological polar surface area (TPSA) is 30.3 Å². The molecule has 0 radical (unpaired) electrons. The Balaban J connectivity index is 2.39. The van der Waals surface area contributed by atoms with Gasteiger partial charge in [0.15, 0.2) is 0 Å². The molecule has 0 amide bonds. The normalized spacial score (nSPS) is 16.6. The van der Waals surface area contributed by atoms with Gasteiger partial charge in [-0.3, -0.25) is 0 Å². The van der Waals surface area contributed by atoms with Crippen molar-refractivity contribution in [3.05, 3.63) is 53.1 Å². The first-order chi connectivity index (χ1) is 11.4. The van der Waals surface area contributed by atoms with Gasteiger partial charge in [-0.2, -0.15) is 0 Å². The minimum atomic E-state index is 0.292. The predicted octanol–water partition coefficient (Wildman–Crippen LogP) is 4.45. The highest BCUT2D eigenvalue weighted by Crippen LogP contribution is 2.35. The molecular weight excluding hydrogens is 294 g/mol. The van der Waals surface area contributed by atoms with E-state index < -0.39 is 0 Å². The third-order valence-electron chi connectivity index (χ3n) is 4.51. The molecule has 1 aliphatic carbocycles. The molecule has 1 N–H and O–H groups in total. The minimum absolute atomic E-state index is 0.292. The van der Waals surface area contributed by atoms with Crippen LogP contribution in [0.5, 0.6) is 0 Å². The summed E-state index contributed by atoms with van der Waals surface area (Å²) in [7, 11) is 8.33. The molecule has 0 saturated heterocycles. The number of hydrogen-bond donors (Lipinski definition) is 1. The number of allylic oxidation sites excluding steroid dienone is 3. The van der Waals surface area contributed by atoms with Gasteiger partial charge in [-0.05, 0) is 50.2 Å². The summed E-state index contributed by atoms with van der Waals surface area (Å²) in [6.45, 7) is 3.14. The van der Waals surface area contributed by atoms with Crippen molar-refractivity contribution < 1.29 is 0 Å². The molecule has 0 spiro atoms. The highest BCUT2D eigenvalue weighted by molar-refractivity contribution is 6.00. The first kappa shape index (κ1) is 18.5. The van der Waals surface area contributed by atoms with Gasteiger partial charge >= 0.3 is 0 Å². The van der Waals surface area contributed by atoms with E-state index in [-0.39, 0.29) is 0 Å². The number of anilines is 1. The monoisotopic (exact) mass is 325 g/mol. The fraction of sp³-hybridized carbons (Fsp3) is 0.476. The lowest BCUT2D eigenvalue weighted by Crippen LogP contribution is -2.19. The molecule has 2 rings (SSSR count). The van der Waals surface area contributed by atoms with Crippen molar-refractivity contribution in [1.29, 1.82) is 5.41 Å². The summed E-state index contributed by atoms with van der Waals surface area (Å²) in [5.41, 5.74) is 5.71. The number of likely N-dealkylation sites (N-methyl/N-ethyl adjacent to an activating group) is 1. The molecule has 3 heteroatoms. The van der Waals surface area contributed by atoms with Crippen molar-refractivity contribution in [3.8, 4) is 0 Å². The summed E-state index contributed by atoms with van der Waals surface area (Å²) in [6.07, 6.45) is 9.70. The van der Waals surface area contributed by atoms with Gasteiger partial charge in [0.25, 0.3) is 0 Å². The highest BCUT2D eigenvalue weighted by atomic mass is 15.1. The second-order valence-corrected chi connectivity index (χ2v) is 7.09. The zero-order valence-electron chi connectivity index (χ0n) is 15.8. The minimum Gasteiger partial charge on any atom is -0.378 e. The van der Waals surface area contributed by atoms with Gasteiger partial charge in [0.2, 0.25) is 0 Å². The van der Waals surface area contributed by atoms with Crippen LogP contribution in [0.3, 0.4) is 0 Å². The Morgan fingerprint density at radius 3 is 2.54 bits per heavy atom. The zero-order valence-corrected chi connectivity index (χ0v) is 15.8. The van der Waals surface area contributed by atoms with E-state index in [9.17, 15) is 0 Å². The van der Waals surface area contributed by atoms with Gasteiger partial charge < -0.3 is 15.2 Å². The Bertz CT molecular complexity index is 638. The summed E-state index contributed by atoms with van der Waals surface area (Å²) in [4.78, 5) is 4.32. The van der Waals surface area contributed by atoms with E-state index in [4.69, 9.17) is 5.41 Å². The zero-order chi connectivity index (χ0) is 17.7. The third-order valence-corrected chi connectivity index (χ3v) is 4.51. The fourth-order valence-electron chi connectivity index (χ4n) is 3.18. The van der Waals surface area contributed by atoms with Crippen LogP contribution in [0, 0.1) is 5.41 Å². The number of hydrogen-bond acceptors (Lipinski definition) is 3. The van der Waals surface area contributed by atoms with Gasteiger partial charge in [0.1, 0.15) is 0 Å². The van der Waals surface area contributed by atoms with Crippen molar-refractivity contribution in [1.82, 2.24) is 4.90 Å². The number of benzene rings is 1. The third kappa shape index (κ3) is 4.35. The average Bonchev–Trinajstić information content (AvgIpc) is 2.99. The van der Waals surface area contributed by atoms with E-state index in [1.165, 1.54) is 11.1 Å². The van der Waals surface area contributed by atoms with Crippen molar-refractivity contribution in [2.75, 3.05) is 39.6 Å². The predicted molar refractivity (Wildman–Crippen MR) is 106 cm³/mol. The van der Waals surface area contributed by atoms with Crippen molar-refractivity contribution >= 4 is 11.4 Å². The molecule has 1 atom stereocenters. The van der Waals surface area contributed by atoms with Crippen LogP contribution in [-0.4, -0.2) is 45.3 Å². The first-order valence-electron chi connectivity index (χ1n) is 8.85. The molecule has 3 nitrogen and oxygen atoms in total. The lowest BCUT2D eigenvalue weighted by Gasteiger charge is -2.23. The molecule has 0 saturated carbocycles. The van der Waals surface area contributed by atoms with Gasteiger partial charge in [0, 0.05) is 43.5 Å². The SMILES string of the molecule is CCCCC(=N)c1cc(N(C)C)ccc1C1C=CC=C1CN(C)C. The average molecular weight is 326 g/mol. The van der Waals surface area contributed by atoms with Gasteiger partial charge in [-0.15, -0.1) is 0 Å². The van der Waals surface area contributed by atoms with Crippen LogP contribution in [0.15, 0.2) is 42.0 Å². The van der Waals surface area contributed by atoms with Crippen molar-refractivity contribution in [2.45, 2.75) is 32.1 Å². The van der Waals surface area contributed by atoms with Crippen LogP contribution in [0.4, 0.5) is 5.69 Å². The first-order valence-corrected chi connectivity index (χ1v) is 8.85. The van der Waals surface area contributed by atoms with Gasteiger partial charge in [-0.1, -0.05) is 37.6 Å². The van der Waals surface area contributed by atoms with Crippen LogP contribution >= 0.6 is 0 Å². The summed E-state index contributed by atoms with van der Waals surface area (Å²) >= 11 is 0. The number of nitrogens with one attached hydrogen (secondary N) is 1. The molecular formula is C21H31N3. The van der Waals surface area contributed by atoms with E-state index in [0.717, 1.165) is 42.8 Å². The smallest absolute Gasteiger partial charge is 0.0390 e. The molecule has 1 aliphatic rings. The second-order valence-electron chi connectivity index (χ2n) is 7.09. The highest BCUT2D eigenvalue weighted by Gasteiger charge is 2.22. The van der Waals surface area contributed by atoms with Crippen LogP contribution in [0.25, 0.3) is 0 Å². The molecule has 0 aliphatic heterocycles. The Morgan fingerprint density at radius 1 is 1.17 bits per heavy atom. The largest absolute Gasteiger partial charge is 0.378 e. The Kier molecular flexibility index (Phi) is 6.38. The lowest BCUT2D eigenvalue weighted by atomic mass is 9.86. The maximum atomic E-state index is 8.61. The molecule has 0 fully saturated rings. The van der Waals surface area contributed by atoms with E-state index in [1.54, 1.807) is 0 Å². The van der Waals surface area contributed by atoms with E-state index in [2.05, 4.69) is 81.3 Å². The Labute approximate surface area is 147 Å². The maximum absolute atomic E-state index is 8.61. The standard InChI is InChI=1S/C21H31N3/c1-6-7-11-21(22)20-14-17(24(4)5)12-13-19(20)18-10-8-9-16(18)15-23(2)3/h8-10,12-14,18,22H,6-7,11,15H2,1-5H3. The van der Waals surface area contributed by atoms with Gasteiger partial charge in [0.05, 0.1) is 0 Å². The molecule has 1 aromatic rings. The summed E-state index contributed by atoms with van der Waals surface area (Å²) in [5, 5.41) is 8.61. The molecule has 1 aromatic carbocycles. The van der Waals surface area contributed by atoms with Gasteiger partial charge in [-0.25, -0.2) is 0 Å². The number of rotatable bonds is 8. The molecule has 24 heavy (non-hydrogen) atoms. The van der Waals surface area contributed by atoms with Crippen LogP contribution in [0.2, 0.25) is 0 Å².